The van der Waals surface area contributed by atoms with Gasteiger partial charge in [0.2, 0.25) is 5.91 Å². The van der Waals surface area contributed by atoms with Gasteiger partial charge in [0.05, 0.1) is 11.3 Å². The van der Waals surface area contributed by atoms with Crippen molar-refractivity contribution in [3.05, 3.63) is 69.3 Å². The maximum absolute atomic E-state index is 11.9. The zero-order chi connectivity index (χ0) is 19.1. The average Bonchev–Trinajstić information content (AvgIpc) is 2.61. The zero-order valence-corrected chi connectivity index (χ0v) is 14.7. The number of hydrogen-bond acceptors (Lipinski definition) is 5. The van der Waals surface area contributed by atoms with Gasteiger partial charge in [-0.05, 0) is 42.7 Å². The molecule has 2 aromatic carbocycles. The summed E-state index contributed by atoms with van der Waals surface area (Å²) >= 11 is 0. The third kappa shape index (κ3) is 5.70. The van der Waals surface area contributed by atoms with Crippen molar-refractivity contribution in [1.29, 1.82) is 0 Å². The van der Waals surface area contributed by atoms with Crippen LogP contribution in [0.3, 0.4) is 0 Å². The molecule has 0 aliphatic rings. The summed E-state index contributed by atoms with van der Waals surface area (Å²) in [4.78, 5) is 33.9. The van der Waals surface area contributed by atoms with Gasteiger partial charge >= 0.3 is 5.97 Å². The quantitative estimate of drug-likeness (QED) is 0.463. The van der Waals surface area contributed by atoms with E-state index >= 15 is 0 Å². The molecule has 2 rings (SSSR count). The molecular formula is C19H20N2O5. The second-order valence-corrected chi connectivity index (χ2v) is 5.93. The Balaban J connectivity index is 1.77. The van der Waals surface area contributed by atoms with Crippen molar-refractivity contribution in [3.8, 4) is 0 Å². The van der Waals surface area contributed by atoms with Crippen LogP contribution in [-0.4, -0.2) is 16.8 Å². The molecule has 0 saturated heterocycles. The highest BCUT2D eigenvalue weighted by Crippen LogP contribution is 2.15. The van der Waals surface area contributed by atoms with E-state index in [9.17, 15) is 19.7 Å². The van der Waals surface area contributed by atoms with Gasteiger partial charge in [0.25, 0.3) is 5.69 Å². The first-order valence-electron chi connectivity index (χ1n) is 8.11. The average molecular weight is 356 g/mol. The van der Waals surface area contributed by atoms with Gasteiger partial charge in [0.15, 0.2) is 0 Å². The van der Waals surface area contributed by atoms with Gasteiger partial charge in [-0.2, -0.15) is 0 Å². The number of carbonyl (C=O) groups is 2. The predicted octanol–water partition coefficient (Wildman–Crippen LogP) is 3.67. The van der Waals surface area contributed by atoms with Gasteiger partial charge in [-0.1, -0.05) is 18.2 Å². The number of carbonyl (C=O) groups excluding carboxylic acids is 2. The van der Waals surface area contributed by atoms with Crippen LogP contribution in [0.2, 0.25) is 0 Å². The Morgan fingerprint density at radius 1 is 1.08 bits per heavy atom. The lowest BCUT2D eigenvalue weighted by atomic mass is 10.1. The number of amides is 1. The number of anilines is 1. The van der Waals surface area contributed by atoms with Crippen molar-refractivity contribution in [2.24, 2.45) is 0 Å². The number of rotatable bonds is 7. The maximum atomic E-state index is 11.9. The molecule has 26 heavy (non-hydrogen) atoms. The van der Waals surface area contributed by atoms with E-state index in [0.29, 0.717) is 11.3 Å². The lowest BCUT2D eigenvalue weighted by Crippen LogP contribution is -2.14. The molecule has 1 N–H and O–H groups in total. The highest BCUT2D eigenvalue weighted by Gasteiger charge is 2.11. The van der Waals surface area contributed by atoms with Crippen molar-refractivity contribution in [2.75, 3.05) is 5.32 Å². The Morgan fingerprint density at radius 2 is 1.85 bits per heavy atom. The number of non-ortho nitro benzene ring substituents is 1. The van der Waals surface area contributed by atoms with E-state index in [2.05, 4.69) is 5.32 Å². The maximum Gasteiger partial charge on any atom is 0.306 e. The van der Waals surface area contributed by atoms with Gasteiger partial charge in [0, 0.05) is 24.2 Å². The topological polar surface area (TPSA) is 98.5 Å². The fourth-order valence-corrected chi connectivity index (χ4v) is 2.25. The summed E-state index contributed by atoms with van der Waals surface area (Å²) in [5.74, 6) is -0.813. The van der Waals surface area contributed by atoms with E-state index in [1.54, 1.807) is 12.1 Å². The van der Waals surface area contributed by atoms with E-state index in [4.69, 9.17) is 4.74 Å². The molecule has 0 atom stereocenters. The molecule has 0 aromatic heterocycles. The Morgan fingerprint density at radius 3 is 2.54 bits per heavy atom. The minimum absolute atomic E-state index is 0.000689. The number of hydrogen-bond donors (Lipinski definition) is 1. The summed E-state index contributed by atoms with van der Waals surface area (Å²) in [6.45, 7) is 3.87. The number of nitro benzene ring substituents is 1. The van der Waals surface area contributed by atoms with Crippen LogP contribution in [0.1, 0.15) is 29.5 Å². The van der Waals surface area contributed by atoms with Crippen LogP contribution < -0.4 is 5.32 Å². The standard InChI is InChI=1S/C19H20N2O5/c1-13-6-7-16(10-14(13)2)20-18(22)8-9-19(23)26-12-15-4-3-5-17(11-15)21(24)25/h3-7,10-11H,8-9,12H2,1-2H3,(H,20,22). The smallest absolute Gasteiger partial charge is 0.306 e. The third-order valence-corrected chi connectivity index (χ3v) is 3.87. The lowest BCUT2D eigenvalue weighted by molar-refractivity contribution is -0.384. The molecule has 0 aliphatic carbocycles. The van der Waals surface area contributed by atoms with E-state index in [0.717, 1.165) is 11.1 Å². The lowest BCUT2D eigenvalue weighted by Gasteiger charge is -2.08. The van der Waals surface area contributed by atoms with Crippen LogP contribution in [0.15, 0.2) is 42.5 Å². The highest BCUT2D eigenvalue weighted by molar-refractivity contribution is 5.92. The molecule has 7 nitrogen and oxygen atoms in total. The molecule has 0 saturated carbocycles. The molecule has 1 amide bonds. The zero-order valence-electron chi connectivity index (χ0n) is 14.7. The summed E-state index contributed by atoms with van der Waals surface area (Å²) in [6.07, 6.45) is -0.0632. The molecule has 0 aliphatic heterocycles. The molecule has 2 aromatic rings. The predicted molar refractivity (Wildman–Crippen MR) is 96.7 cm³/mol. The Bertz CT molecular complexity index is 832. The third-order valence-electron chi connectivity index (χ3n) is 3.87. The van der Waals surface area contributed by atoms with Crippen LogP contribution in [0.5, 0.6) is 0 Å². The number of aryl methyl sites for hydroxylation is 2. The first kappa shape index (κ1) is 19.1. The van der Waals surface area contributed by atoms with E-state index in [1.807, 2.05) is 26.0 Å². The van der Waals surface area contributed by atoms with Gasteiger partial charge in [-0.3, -0.25) is 19.7 Å². The number of nitro groups is 1. The first-order valence-corrected chi connectivity index (χ1v) is 8.11. The van der Waals surface area contributed by atoms with Crippen LogP contribution >= 0.6 is 0 Å². The number of nitrogens with one attached hydrogen (secondary N) is 1. The number of nitrogens with zero attached hydrogens (tertiary/aromatic N) is 1. The SMILES string of the molecule is Cc1ccc(NC(=O)CCC(=O)OCc2cccc([N+](=O)[O-])c2)cc1C. The van der Waals surface area contributed by atoms with E-state index in [1.165, 1.54) is 18.2 Å². The van der Waals surface area contributed by atoms with Crippen LogP contribution in [0.25, 0.3) is 0 Å². The summed E-state index contributed by atoms with van der Waals surface area (Å²) in [5.41, 5.74) is 3.34. The number of ether oxygens (including phenoxy) is 1. The highest BCUT2D eigenvalue weighted by atomic mass is 16.6. The van der Waals surface area contributed by atoms with Crippen LogP contribution in [-0.2, 0) is 20.9 Å². The Kier molecular flexibility index (Phi) is 6.43. The minimum atomic E-state index is -0.535. The van der Waals surface area contributed by atoms with Crippen molar-refractivity contribution < 1.29 is 19.2 Å². The molecule has 0 unspecified atom stereocenters. The van der Waals surface area contributed by atoms with Gasteiger partial charge < -0.3 is 10.1 Å². The fourth-order valence-electron chi connectivity index (χ4n) is 2.25. The largest absolute Gasteiger partial charge is 0.461 e. The van der Waals surface area contributed by atoms with E-state index < -0.39 is 10.9 Å². The fraction of sp³-hybridized carbons (Fsp3) is 0.263. The van der Waals surface area contributed by atoms with Crippen LogP contribution in [0.4, 0.5) is 11.4 Å². The number of esters is 1. The summed E-state index contributed by atoms with van der Waals surface area (Å²) in [6, 6.07) is 11.5. The first-order chi connectivity index (χ1) is 12.3. The second-order valence-electron chi connectivity index (χ2n) is 5.93. The van der Waals surface area contributed by atoms with Crippen molar-refractivity contribution in [3.63, 3.8) is 0 Å². The summed E-state index contributed by atoms with van der Waals surface area (Å²) in [7, 11) is 0. The van der Waals surface area contributed by atoms with Gasteiger partial charge in [-0.25, -0.2) is 0 Å². The molecule has 0 spiro atoms. The van der Waals surface area contributed by atoms with Gasteiger partial charge in [0.1, 0.15) is 6.61 Å². The number of benzene rings is 2. The molecular weight excluding hydrogens is 336 g/mol. The monoisotopic (exact) mass is 356 g/mol. The minimum Gasteiger partial charge on any atom is -0.461 e. The van der Waals surface area contributed by atoms with E-state index in [-0.39, 0.29) is 31.0 Å². The molecule has 0 fully saturated rings. The summed E-state index contributed by atoms with van der Waals surface area (Å²) in [5, 5.41) is 13.4. The van der Waals surface area contributed by atoms with Gasteiger partial charge in [-0.15, -0.1) is 0 Å². The Labute approximate surface area is 151 Å². The van der Waals surface area contributed by atoms with Crippen molar-refractivity contribution in [1.82, 2.24) is 0 Å². The Hall–Kier alpha value is -3.22. The molecule has 7 heteroatoms. The van der Waals surface area contributed by atoms with Crippen LogP contribution in [0, 0.1) is 24.0 Å². The molecule has 136 valence electrons. The normalized spacial score (nSPS) is 10.2. The molecule has 0 heterocycles. The second kappa shape index (κ2) is 8.75. The summed E-state index contributed by atoms with van der Waals surface area (Å²) < 4.78 is 5.06. The molecule has 0 radical (unpaired) electrons. The van der Waals surface area contributed by atoms with Crippen molar-refractivity contribution >= 4 is 23.3 Å². The molecule has 0 bridgehead atoms. The van der Waals surface area contributed by atoms with Crippen molar-refractivity contribution in [2.45, 2.75) is 33.3 Å².